The summed E-state index contributed by atoms with van der Waals surface area (Å²) < 4.78 is 33.9. The van der Waals surface area contributed by atoms with Crippen molar-refractivity contribution in [2.75, 3.05) is 6.61 Å². The first kappa shape index (κ1) is 24.2. The normalized spacial score (nSPS) is 13.2. The molecule has 6 nitrogen and oxygen atoms in total. The van der Waals surface area contributed by atoms with E-state index >= 15 is 0 Å². The highest BCUT2D eigenvalue weighted by atomic mass is 35.5. The summed E-state index contributed by atoms with van der Waals surface area (Å²) in [6, 6.07) is 9.95. The zero-order chi connectivity index (χ0) is 25.1. The Balaban J connectivity index is 1.67. The number of amides is 1. The zero-order valence-corrected chi connectivity index (χ0v) is 19.0. The standard InChI is InChI=1S/C26H19ClF2N2O4/c1-30-15-8-10-17(19(27)13-15)18-9-7-14(16-4-3-11-35-24(16)18)12-22(26(33)34)31-25(32)23-20(28)5-2-6-21(23)29/h2,5-10,13,22H,3-4,11-12H2,(H,31,32)(H,33,34)/t22-/m0/s1. The second-order valence-electron chi connectivity index (χ2n) is 7.97. The van der Waals surface area contributed by atoms with Crippen LogP contribution in [0.3, 0.4) is 0 Å². The van der Waals surface area contributed by atoms with E-state index in [0.717, 1.165) is 23.8 Å². The average molecular weight is 497 g/mol. The average Bonchev–Trinajstić information content (AvgIpc) is 2.83. The lowest BCUT2D eigenvalue weighted by atomic mass is 9.90. The number of fused-ring (bicyclic) bond motifs is 1. The van der Waals surface area contributed by atoms with Gasteiger partial charge < -0.3 is 15.2 Å². The number of benzene rings is 3. The van der Waals surface area contributed by atoms with E-state index in [9.17, 15) is 23.5 Å². The molecule has 3 aromatic carbocycles. The minimum absolute atomic E-state index is 0.118. The van der Waals surface area contributed by atoms with Crippen molar-refractivity contribution in [3.05, 3.63) is 93.3 Å². The lowest BCUT2D eigenvalue weighted by molar-refractivity contribution is -0.139. The quantitative estimate of drug-likeness (QED) is 0.436. The summed E-state index contributed by atoms with van der Waals surface area (Å²) >= 11 is 6.41. The third-order valence-electron chi connectivity index (χ3n) is 5.76. The largest absolute Gasteiger partial charge is 0.493 e. The van der Waals surface area contributed by atoms with E-state index in [-0.39, 0.29) is 6.42 Å². The number of carboxylic acid groups (broad SMARTS) is 1. The lowest BCUT2D eigenvalue weighted by Crippen LogP contribution is -2.43. The second kappa shape index (κ2) is 10.1. The number of carbonyl (C=O) groups excluding carboxylic acids is 1. The Kier molecular flexibility index (Phi) is 6.99. The maximum atomic E-state index is 14.0. The summed E-state index contributed by atoms with van der Waals surface area (Å²) in [6.07, 6.45) is 1.20. The SMILES string of the molecule is [C-]#[N+]c1ccc(-c2ccc(C[C@H](NC(=O)c3c(F)cccc3F)C(=O)O)c3c2OCCC3)c(Cl)c1. The van der Waals surface area contributed by atoms with Crippen LogP contribution < -0.4 is 10.1 Å². The summed E-state index contributed by atoms with van der Waals surface area (Å²) in [4.78, 5) is 27.8. The molecule has 3 aromatic rings. The molecular weight excluding hydrogens is 478 g/mol. The van der Waals surface area contributed by atoms with Gasteiger partial charge in [-0.3, -0.25) is 4.79 Å². The van der Waals surface area contributed by atoms with Crippen LogP contribution in [-0.4, -0.2) is 29.6 Å². The predicted molar refractivity (Wildman–Crippen MR) is 126 cm³/mol. The monoisotopic (exact) mass is 496 g/mol. The Hall–Kier alpha value is -3.96. The van der Waals surface area contributed by atoms with E-state index < -0.39 is 35.1 Å². The number of rotatable bonds is 6. The van der Waals surface area contributed by atoms with Crippen LogP contribution in [0.4, 0.5) is 14.5 Å². The maximum absolute atomic E-state index is 14.0. The number of hydrogen-bond acceptors (Lipinski definition) is 3. The van der Waals surface area contributed by atoms with Gasteiger partial charge in [-0.05, 0) is 42.2 Å². The number of hydrogen-bond donors (Lipinski definition) is 2. The van der Waals surface area contributed by atoms with Crippen molar-refractivity contribution in [1.82, 2.24) is 5.32 Å². The summed E-state index contributed by atoms with van der Waals surface area (Å²) in [6.45, 7) is 7.61. The van der Waals surface area contributed by atoms with Crippen molar-refractivity contribution in [2.45, 2.75) is 25.3 Å². The first-order valence-electron chi connectivity index (χ1n) is 10.7. The highest BCUT2D eigenvalue weighted by Gasteiger charge is 2.28. The van der Waals surface area contributed by atoms with Crippen LogP contribution in [0.5, 0.6) is 5.75 Å². The Morgan fingerprint density at radius 3 is 2.51 bits per heavy atom. The third kappa shape index (κ3) is 4.96. The van der Waals surface area contributed by atoms with Crippen LogP contribution in [0, 0.1) is 18.2 Å². The maximum Gasteiger partial charge on any atom is 0.326 e. The van der Waals surface area contributed by atoms with Crippen LogP contribution in [0.2, 0.25) is 5.02 Å². The first-order valence-corrected chi connectivity index (χ1v) is 11.1. The molecule has 0 aromatic heterocycles. The highest BCUT2D eigenvalue weighted by molar-refractivity contribution is 6.33. The van der Waals surface area contributed by atoms with Gasteiger partial charge in [-0.2, -0.15) is 0 Å². The highest BCUT2D eigenvalue weighted by Crippen LogP contribution is 2.42. The molecule has 0 radical (unpaired) electrons. The van der Waals surface area contributed by atoms with Gasteiger partial charge in [0.1, 0.15) is 29.0 Å². The molecule has 0 unspecified atom stereocenters. The fourth-order valence-corrected chi connectivity index (χ4v) is 4.37. The molecule has 2 N–H and O–H groups in total. The van der Waals surface area contributed by atoms with Crippen molar-refractivity contribution in [2.24, 2.45) is 0 Å². The molecule has 35 heavy (non-hydrogen) atoms. The number of halogens is 3. The molecule has 1 aliphatic heterocycles. The van der Waals surface area contributed by atoms with Crippen molar-refractivity contribution in [3.8, 4) is 16.9 Å². The van der Waals surface area contributed by atoms with E-state index in [1.807, 2.05) is 0 Å². The van der Waals surface area contributed by atoms with Gasteiger partial charge in [-0.1, -0.05) is 41.9 Å². The molecule has 0 fully saturated rings. The van der Waals surface area contributed by atoms with Crippen molar-refractivity contribution < 1.29 is 28.2 Å². The van der Waals surface area contributed by atoms with E-state index in [1.165, 1.54) is 0 Å². The fourth-order valence-electron chi connectivity index (χ4n) is 4.09. The van der Waals surface area contributed by atoms with Gasteiger partial charge in [0.2, 0.25) is 0 Å². The molecule has 4 rings (SSSR count). The van der Waals surface area contributed by atoms with E-state index in [0.29, 0.717) is 52.6 Å². The molecule has 1 aliphatic rings. The predicted octanol–water partition coefficient (Wildman–Crippen LogP) is 5.59. The topological polar surface area (TPSA) is 80.0 Å². The van der Waals surface area contributed by atoms with Crippen LogP contribution in [0.25, 0.3) is 16.0 Å². The smallest absolute Gasteiger partial charge is 0.326 e. The van der Waals surface area contributed by atoms with Gasteiger partial charge in [0.25, 0.3) is 5.91 Å². The van der Waals surface area contributed by atoms with Crippen molar-refractivity contribution in [1.29, 1.82) is 0 Å². The molecule has 0 aliphatic carbocycles. The van der Waals surface area contributed by atoms with Crippen LogP contribution in [-0.2, 0) is 17.6 Å². The Labute approximate surface area is 204 Å². The van der Waals surface area contributed by atoms with Crippen molar-refractivity contribution in [3.63, 3.8) is 0 Å². The number of nitrogens with one attached hydrogen (secondary N) is 1. The molecule has 0 spiro atoms. The van der Waals surface area contributed by atoms with E-state index in [2.05, 4.69) is 10.2 Å². The Morgan fingerprint density at radius 2 is 1.86 bits per heavy atom. The number of aliphatic carboxylic acids is 1. The number of carboxylic acids is 1. The third-order valence-corrected chi connectivity index (χ3v) is 6.08. The molecule has 1 heterocycles. The zero-order valence-electron chi connectivity index (χ0n) is 18.3. The fraction of sp³-hybridized carbons (Fsp3) is 0.192. The van der Waals surface area contributed by atoms with Crippen LogP contribution in [0.15, 0.2) is 48.5 Å². The van der Waals surface area contributed by atoms with Gasteiger partial charge in [-0.15, -0.1) is 0 Å². The summed E-state index contributed by atoms with van der Waals surface area (Å²) in [5.74, 6) is -4.10. The molecule has 0 saturated carbocycles. The molecule has 0 saturated heterocycles. The van der Waals surface area contributed by atoms with Gasteiger partial charge in [0.15, 0.2) is 5.69 Å². The molecule has 0 bridgehead atoms. The number of carbonyl (C=O) groups is 2. The van der Waals surface area contributed by atoms with Gasteiger partial charge in [0.05, 0.1) is 13.2 Å². The number of nitrogens with zero attached hydrogens (tertiary/aromatic N) is 1. The van der Waals surface area contributed by atoms with Gasteiger partial charge in [-0.25, -0.2) is 18.4 Å². The Bertz CT molecular complexity index is 1350. The second-order valence-corrected chi connectivity index (χ2v) is 8.38. The molecular formula is C26H19ClF2N2O4. The summed E-state index contributed by atoms with van der Waals surface area (Å²) in [5.41, 5.74) is 2.33. The molecule has 1 atom stereocenters. The minimum Gasteiger partial charge on any atom is -0.493 e. The molecule has 1 amide bonds. The van der Waals surface area contributed by atoms with Crippen LogP contribution in [0.1, 0.15) is 27.9 Å². The Morgan fingerprint density at radius 1 is 1.14 bits per heavy atom. The minimum atomic E-state index is -1.43. The van der Waals surface area contributed by atoms with E-state index in [4.69, 9.17) is 22.9 Å². The number of ether oxygens (including phenoxy) is 1. The molecule has 9 heteroatoms. The van der Waals surface area contributed by atoms with Gasteiger partial charge >= 0.3 is 5.97 Å². The summed E-state index contributed by atoms with van der Waals surface area (Å²) in [7, 11) is 0. The van der Waals surface area contributed by atoms with E-state index in [1.54, 1.807) is 30.3 Å². The summed E-state index contributed by atoms with van der Waals surface area (Å²) in [5, 5.41) is 12.3. The van der Waals surface area contributed by atoms with Gasteiger partial charge in [0, 0.05) is 22.6 Å². The first-order chi connectivity index (χ1) is 16.8. The van der Waals surface area contributed by atoms with Crippen molar-refractivity contribution >= 4 is 29.2 Å². The lowest BCUT2D eigenvalue weighted by Gasteiger charge is -2.25. The molecule has 178 valence electrons. The van der Waals surface area contributed by atoms with Crippen LogP contribution >= 0.6 is 11.6 Å².